The molecule has 4 aromatic carbocycles. The van der Waals surface area contributed by atoms with Crippen molar-refractivity contribution in [2.75, 3.05) is 34.8 Å². The van der Waals surface area contributed by atoms with E-state index in [1.807, 2.05) is 0 Å². The molecule has 2 aliphatic rings. The van der Waals surface area contributed by atoms with Crippen LogP contribution in [-0.4, -0.2) is 89.8 Å². The van der Waals surface area contributed by atoms with Gasteiger partial charge in [0.1, 0.15) is 0 Å². The maximum atomic E-state index is 13.9. The van der Waals surface area contributed by atoms with E-state index in [0.29, 0.717) is 0 Å². The first-order valence-electron chi connectivity index (χ1n) is 18.7. The summed E-state index contributed by atoms with van der Waals surface area (Å²) < 4.78 is 187. The third-order valence-corrected chi connectivity index (χ3v) is 24.2. The molecule has 1 unspecified atom stereocenters. The molecule has 5 atom stereocenters. The van der Waals surface area contributed by atoms with Gasteiger partial charge in [-0.1, -0.05) is 0 Å². The van der Waals surface area contributed by atoms with E-state index in [4.69, 9.17) is 9.05 Å². The van der Waals surface area contributed by atoms with Gasteiger partial charge in [-0.3, -0.25) is 0 Å². The first kappa shape index (κ1) is 49.1. The fourth-order valence-corrected chi connectivity index (χ4v) is 16.8. The van der Waals surface area contributed by atoms with Crippen LogP contribution < -0.4 is 0 Å². The molecule has 0 saturated carbocycles. The van der Waals surface area contributed by atoms with Crippen LogP contribution in [-0.2, 0) is 33.8 Å². The standard InChI is InChI=1S/C40H40F12N4O2P2Se2/c1-24(58-60(62)55(4)35(27-12-8-16-31(22-27)39(47,48)49)36(56(60)5)28-13-9-17-32(23-28)40(50,51)52)18-19-57-59(61)53(2)33(25-10-6-14-29(20-25)37(41,42)43)34(54(59)3)26-11-7-15-30(21-26)38(44,45)46/h6-17,20-24,33-36H,18-19H2,1-5H3/t24?,33-,34-,35-,36-/m0/s1. The molecule has 0 aromatic heterocycles. The average molecular weight is 1060 g/mol. The van der Waals surface area contributed by atoms with E-state index in [0.717, 1.165) is 48.5 Å². The summed E-state index contributed by atoms with van der Waals surface area (Å²) in [4.78, 5) is 0. The summed E-state index contributed by atoms with van der Waals surface area (Å²) in [6.45, 7) is 1.67. The van der Waals surface area contributed by atoms with E-state index >= 15 is 0 Å². The second-order valence-corrected chi connectivity index (χ2v) is 26.0. The Morgan fingerprint density at radius 3 is 1.00 bits per heavy atom. The molecule has 338 valence electrons. The van der Waals surface area contributed by atoms with Crippen molar-refractivity contribution in [1.82, 2.24) is 18.7 Å². The Hall–Kier alpha value is -2.30. The van der Waals surface area contributed by atoms with Gasteiger partial charge in [0.2, 0.25) is 0 Å². The Morgan fingerprint density at radius 1 is 0.484 bits per heavy atom. The first-order valence-corrected chi connectivity index (χ1v) is 26.4. The Labute approximate surface area is 366 Å². The number of halogens is 12. The molecular weight excluding hydrogens is 1020 g/mol. The van der Waals surface area contributed by atoms with Crippen LogP contribution in [0.25, 0.3) is 0 Å². The Balaban J connectivity index is 1.28. The molecule has 2 aliphatic heterocycles. The number of likely N-dealkylation sites (N-methyl/N-ethyl adjacent to an activating group) is 4. The summed E-state index contributed by atoms with van der Waals surface area (Å²) in [5.41, 5.74) is -2.95. The van der Waals surface area contributed by atoms with Crippen LogP contribution in [0.5, 0.6) is 0 Å². The van der Waals surface area contributed by atoms with E-state index in [-0.39, 0.29) is 35.3 Å². The second-order valence-electron chi connectivity index (χ2n) is 15.1. The van der Waals surface area contributed by atoms with Gasteiger partial charge in [-0.2, -0.15) is 0 Å². The Kier molecular flexibility index (Phi) is 14.1. The molecule has 0 amide bonds. The van der Waals surface area contributed by atoms with Crippen LogP contribution in [0, 0.1) is 0 Å². The summed E-state index contributed by atoms with van der Waals surface area (Å²) >= 11 is 6.15. The molecular formula is C40H40F12N4O2P2Se2. The van der Waals surface area contributed by atoms with Gasteiger partial charge in [0, 0.05) is 0 Å². The van der Waals surface area contributed by atoms with Gasteiger partial charge in [-0.25, -0.2) is 0 Å². The fraction of sp³-hybridized carbons (Fsp3) is 0.400. The number of benzene rings is 4. The molecule has 4 aromatic rings. The third-order valence-electron chi connectivity index (χ3n) is 11.1. The normalized spacial score (nSPS) is 23.6. The maximum absolute atomic E-state index is 13.9. The van der Waals surface area contributed by atoms with Crippen LogP contribution in [0.3, 0.4) is 0 Å². The van der Waals surface area contributed by atoms with Crippen molar-refractivity contribution in [3.63, 3.8) is 0 Å². The topological polar surface area (TPSA) is 31.4 Å². The van der Waals surface area contributed by atoms with Crippen molar-refractivity contribution < 1.29 is 61.7 Å². The zero-order chi connectivity index (χ0) is 46.0. The molecule has 0 spiro atoms. The van der Waals surface area contributed by atoms with Crippen LogP contribution in [0.1, 0.15) is 82.0 Å². The van der Waals surface area contributed by atoms with E-state index in [2.05, 4.69) is 30.2 Å². The molecule has 2 fully saturated rings. The summed E-state index contributed by atoms with van der Waals surface area (Å²) in [7, 11) is 6.47. The van der Waals surface area contributed by atoms with E-state index in [9.17, 15) is 52.7 Å². The van der Waals surface area contributed by atoms with E-state index in [1.165, 1.54) is 48.5 Å². The SMILES string of the molecule is CC(CCOP1(=[Se])N(C)[C@@H](c2cccc(C(F)(F)F)c2)[C@H](c2cccc(C(F)(F)F)c2)N1C)OP1(=[Se])N(C)[C@@H](c2cccc(C(F)(F)F)c2)[C@H](c2cccc(C(F)(F)F)c2)N1C. The van der Waals surface area contributed by atoms with E-state index < -0.39 is 89.3 Å². The third kappa shape index (κ3) is 9.78. The average Bonchev–Trinajstić information content (AvgIpc) is 3.50. The van der Waals surface area contributed by atoms with Crippen molar-refractivity contribution >= 4 is 42.3 Å². The van der Waals surface area contributed by atoms with Crippen molar-refractivity contribution in [2.45, 2.75) is 68.3 Å². The van der Waals surface area contributed by atoms with Crippen molar-refractivity contribution in [2.24, 2.45) is 0 Å². The molecule has 62 heavy (non-hydrogen) atoms. The number of rotatable bonds is 10. The van der Waals surface area contributed by atoms with Crippen LogP contribution in [0.4, 0.5) is 52.7 Å². The summed E-state index contributed by atoms with van der Waals surface area (Å²) in [5.74, 6) is 0. The molecule has 0 N–H and O–H groups in total. The molecule has 6 nitrogen and oxygen atoms in total. The van der Waals surface area contributed by atoms with Gasteiger partial charge >= 0.3 is 367 Å². The van der Waals surface area contributed by atoms with Gasteiger partial charge in [0.15, 0.2) is 0 Å². The number of nitrogens with zero attached hydrogens (tertiary/aromatic N) is 4. The predicted molar refractivity (Wildman–Crippen MR) is 214 cm³/mol. The molecule has 6 rings (SSSR count). The summed E-state index contributed by atoms with van der Waals surface area (Å²) in [6.07, 6.45) is -19.3. The molecule has 0 radical (unpaired) electrons. The van der Waals surface area contributed by atoms with E-state index in [1.54, 1.807) is 53.8 Å². The Bertz CT molecular complexity index is 2220. The minimum absolute atomic E-state index is 0.0389. The van der Waals surface area contributed by atoms with Gasteiger partial charge in [-0.15, -0.1) is 0 Å². The predicted octanol–water partition coefficient (Wildman–Crippen LogP) is 12.3. The van der Waals surface area contributed by atoms with Crippen LogP contribution in [0.15, 0.2) is 97.1 Å². The van der Waals surface area contributed by atoms with Gasteiger partial charge in [0.05, 0.1) is 0 Å². The monoisotopic (exact) mass is 1060 g/mol. The number of hydrogen-bond donors (Lipinski definition) is 0. The van der Waals surface area contributed by atoms with Gasteiger partial charge in [0.25, 0.3) is 0 Å². The van der Waals surface area contributed by atoms with Gasteiger partial charge in [-0.05, 0) is 0 Å². The molecule has 0 aliphatic carbocycles. The molecule has 2 saturated heterocycles. The van der Waals surface area contributed by atoms with Crippen LogP contribution >= 0.6 is 12.1 Å². The molecule has 0 bridgehead atoms. The Morgan fingerprint density at radius 2 is 0.742 bits per heavy atom. The second kappa shape index (κ2) is 17.8. The number of hydrogen-bond acceptors (Lipinski definition) is 6. The number of alkyl halides is 12. The molecule has 22 heteroatoms. The summed E-state index contributed by atoms with van der Waals surface area (Å²) in [5, 5.41) is 0. The van der Waals surface area contributed by atoms with Crippen LogP contribution in [0.2, 0.25) is 0 Å². The molecule has 2 heterocycles. The van der Waals surface area contributed by atoms with Crippen molar-refractivity contribution in [1.29, 1.82) is 0 Å². The quantitative estimate of drug-likeness (QED) is 0.0894. The minimum atomic E-state index is -4.70. The van der Waals surface area contributed by atoms with Crippen molar-refractivity contribution in [3.05, 3.63) is 142 Å². The first-order chi connectivity index (χ1) is 28.6. The van der Waals surface area contributed by atoms with Crippen molar-refractivity contribution in [3.8, 4) is 0 Å². The zero-order valence-electron chi connectivity index (χ0n) is 33.4. The fourth-order valence-electron chi connectivity index (χ4n) is 8.03. The zero-order valence-corrected chi connectivity index (χ0v) is 38.6. The summed E-state index contributed by atoms with van der Waals surface area (Å²) in [6, 6.07) is 8.48. The van der Waals surface area contributed by atoms with Gasteiger partial charge < -0.3 is 0 Å².